The molecule has 0 saturated carbocycles. The van der Waals surface area contributed by atoms with Gasteiger partial charge >= 0.3 is 12.2 Å². The van der Waals surface area contributed by atoms with Gasteiger partial charge in [0.05, 0.1) is 4.92 Å². The standard InChI is InChI=1S/C17H23N3O6/c1-8-11-9-12(20(23)24)10-18-13(11)19(14(21)25-16(2,3)4)15(22)26-17(5,6)7/h8-10H,1H2,2-7H3. The van der Waals surface area contributed by atoms with Crippen molar-refractivity contribution in [1.29, 1.82) is 0 Å². The molecule has 0 saturated heterocycles. The van der Waals surface area contributed by atoms with E-state index in [1.807, 2.05) is 0 Å². The maximum atomic E-state index is 12.6. The topological polar surface area (TPSA) is 112 Å². The fourth-order valence-corrected chi connectivity index (χ4v) is 1.76. The lowest BCUT2D eigenvalue weighted by molar-refractivity contribution is -0.385. The zero-order chi connectivity index (χ0) is 20.3. The van der Waals surface area contributed by atoms with E-state index >= 15 is 0 Å². The van der Waals surface area contributed by atoms with Crippen LogP contribution in [0.2, 0.25) is 0 Å². The normalized spacial score (nSPS) is 11.5. The SMILES string of the molecule is C=Cc1cc([N+](=O)[O-])cnc1N(C(=O)OC(C)(C)C)C(=O)OC(C)(C)C. The molecule has 9 heteroatoms. The quantitative estimate of drug-likeness (QED) is 0.579. The lowest BCUT2D eigenvalue weighted by Gasteiger charge is -2.28. The Morgan fingerprint density at radius 2 is 1.62 bits per heavy atom. The van der Waals surface area contributed by atoms with Crippen LogP contribution >= 0.6 is 0 Å². The number of hydrogen-bond acceptors (Lipinski definition) is 7. The average molecular weight is 365 g/mol. The third-order valence-electron chi connectivity index (χ3n) is 2.68. The zero-order valence-corrected chi connectivity index (χ0v) is 15.7. The van der Waals surface area contributed by atoms with Crippen molar-refractivity contribution in [2.45, 2.75) is 52.7 Å². The van der Waals surface area contributed by atoms with Crippen LogP contribution in [0.4, 0.5) is 21.1 Å². The van der Waals surface area contributed by atoms with Gasteiger partial charge in [0, 0.05) is 11.6 Å². The summed E-state index contributed by atoms with van der Waals surface area (Å²) in [5.74, 6) is -0.172. The number of nitrogens with zero attached hydrogens (tertiary/aromatic N) is 3. The first-order chi connectivity index (χ1) is 11.7. The second kappa shape index (κ2) is 7.51. The number of hydrogen-bond donors (Lipinski definition) is 0. The second-order valence-electron chi connectivity index (χ2n) is 7.36. The number of ether oxygens (including phenoxy) is 2. The maximum Gasteiger partial charge on any atom is 0.425 e. The average Bonchev–Trinajstić information content (AvgIpc) is 2.43. The predicted molar refractivity (Wildman–Crippen MR) is 95.9 cm³/mol. The first-order valence-corrected chi connectivity index (χ1v) is 7.78. The molecule has 0 fully saturated rings. The molecule has 0 unspecified atom stereocenters. The summed E-state index contributed by atoms with van der Waals surface area (Å²) in [6.07, 6.45) is 0.147. The van der Waals surface area contributed by atoms with Crippen molar-refractivity contribution in [3.63, 3.8) is 0 Å². The van der Waals surface area contributed by atoms with Crippen LogP contribution in [0.1, 0.15) is 47.1 Å². The second-order valence-corrected chi connectivity index (χ2v) is 7.36. The third-order valence-corrected chi connectivity index (χ3v) is 2.68. The first kappa shape index (κ1) is 21.1. The van der Waals surface area contributed by atoms with Crippen molar-refractivity contribution in [2.24, 2.45) is 0 Å². The molecule has 0 spiro atoms. The highest BCUT2D eigenvalue weighted by Gasteiger charge is 2.35. The number of pyridine rings is 1. The Morgan fingerprint density at radius 3 is 1.96 bits per heavy atom. The number of amides is 2. The van der Waals surface area contributed by atoms with Crippen LogP contribution in [0, 0.1) is 10.1 Å². The van der Waals surface area contributed by atoms with Crippen molar-refractivity contribution in [3.8, 4) is 0 Å². The molecule has 0 aliphatic heterocycles. The Bertz CT molecular complexity index is 703. The van der Waals surface area contributed by atoms with E-state index in [4.69, 9.17) is 9.47 Å². The van der Waals surface area contributed by atoms with E-state index in [1.54, 1.807) is 41.5 Å². The molecular formula is C17H23N3O6. The van der Waals surface area contributed by atoms with Gasteiger partial charge in [-0.25, -0.2) is 14.6 Å². The van der Waals surface area contributed by atoms with Gasteiger partial charge < -0.3 is 9.47 Å². The van der Waals surface area contributed by atoms with Crippen LogP contribution in [0.3, 0.4) is 0 Å². The van der Waals surface area contributed by atoms with Gasteiger partial charge in [-0.3, -0.25) is 10.1 Å². The van der Waals surface area contributed by atoms with Crippen molar-refractivity contribution >= 4 is 29.8 Å². The van der Waals surface area contributed by atoms with Gasteiger partial charge in [-0.15, -0.1) is 0 Å². The van der Waals surface area contributed by atoms with E-state index in [0.29, 0.717) is 4.90 Å². The molecule has 1 heterocycles. The molecule has 9 nitrogen and oxygen atoms in total. The Balaban J connectivity index is 3.45. The Kier molecular flexibility index (Phi) is 6.08. The Labute approximate surface area is 151 Å². The summed E-state index contributed by atoms with van der Waals surface area (Å²) in [7, 11) is 0. The molecule has 142 valence electrons. The van der Waals surface area contributed by atoms with Crippen LogP contribution in [0.5, 0.6) is 0 Å². The minimum absolute atomic E-state index is 0.107. The van der Waals surface area contributed by atoms with Crippen molar-refractivity contribution in [2.75, 3.05) is 4.90 Å². The summed E-state index contributed by atoms with van der Waals surface area (Å²) in [4.78, 5) is 39.9. The van der Waals surface area contributed by atoms with Gasteiger partial charge in [-0.1, -0.05) is 12.7 Å². The number of carbonyl (C=O) groups is 2. The van der Waals surface area contributed by atoms with Gasteiger partial charge in [0.2, 0.25) is 0 Å². The smallest absolute Gasteiger partial charge is 0.425 e. The van der Waals surface area contributed by atoms with E-state index in [-0.39, 0.29) is 17.1 Å². The predicted octanol–water partition coefficient (Wildman–Crippen LogP) is 4.31. The van der Waals surface area contributed by atoms with E-state index in [1.165, 1.54) is 6.08 Å². The Morgan fingerprint density at radius 1 is 1.15 bits per heavy atom. The van der Waals surface area contributed by atoms with Crippen LogP contribution in [0.15, 0.2) is 18.8 Å². The van der Waals surface area contributed by atoms with Gasteiger partial charge in [0.25, 0.3) is 5.69 Å². The Hall–Kier alpha value is -2.97. The van der Waals surface area contributed by atoms with E-state index < -0.39 is 28.3 Å². The maximum absolute atomic E-state index is 12.6. The van der Waals surface area contributed by atoms with Crippen LogP contribution < -0.4 is 4.90 Å². The summed E-state index contributed by atoms with van der Waals surface area (Å²) in [5, 5.41) is 10.9. The largest absolute Gasteiger partial charge is 0.443 e. The lowest BCUT2D eigenvalue weighted by atomic mass is 10.2. The van der Waals surface area contributed by atoms with Gasteiger partial charge in [-0.2, -0.15) is 4.90 Å². The minimum atomic E-state index is -1.02. The van der Waals surface area contributed by atoms with Crippen LogP contribution in [-0.4, -0.2) is 33.3 Å². The zero-order valence-electron chi connectivity index (χ0n) is 15.7. The molecule has 0 aromatic carbocycles. The fourth-order valence-electron chi connectivity index (χ4n) is 1.76. The molecular weight excluding hydrogens is 342 g/mol. The molecule has 1 aromatic heterocycles. The molecule has 0 radical (unpaired) electrons. The van der Waals surface area contributed by atoms with Gasteiger partial charge in [0.1, 0.15) is 17.4 Å². The number of carbonyl (C=O) groups excluding carboxylic acids is 2. The summed E-state index contributed by atoms with van der Waals surface area (Å²) in [6.45, 7) is 13.4. The van der Waals surface area contributed by atoms with Crippen LogP contribution in [0.25, 0.3) is 6.08 Å². The molecule has 2 amide bonds. The highest BCUT2D eigenvalue weighted by Crippen LogP contribution is 2.27. The highest BCUT2D eigenvalue weighted by molar-refractivity contribution is 6.10. The lowest BCUT2D eigenvalue weighted by Crippen LogP contribution is -2.44. The summed E-state index contributed by atoms with van der Waals surface area (Å²) >= 11 is 0. The molecule has 26 heavy (non-hydrogen) atoms. The number of anilines is 1. The molecule has 1 aromatic rings. The number of rotatable bonds is 3. The molecule has 1 rings (SSSR count). The molecule has 0 aliphatic carbocycles. The number of nitro groups is 1. The van der Waals surface area contributed by atoms with Crippen LogP contribution in [-0.2, 0) is 9.47 Å². The molecule has 0 bridgehead atoms. The highest BCUT2D eigenvalue weighted by atomic mass is 16.6. The third kappa shape index (κ3) is 5.83. The van der Waals surface area contributed by atoms with E-state index in [9.17, 15) is 19.7 Å². The van der Waals surface area contributed by atoms with Crippen molar-refractivity contribution in [1.82, 2.24) is 4.98 Å². The van der Waals surface area contributed by atoms with Crippen molar-refractivity contribution < 1.29 is 24.0 Å². The summed E-state index contributed by atoms with van der Waals surface area (Å²) in [5.41, 5.74) is -1.97. The van der Waals surface area contributed by atoms with Crippen molar-refractivity contribution in [3.05, 3.63) is 34.5 Å². The number of imide groups is 1. The first-order valence-electron chi connectivity index (χ1n) is 7.78. The number of aromatic nitrogens is 1. The summed E-state index contributed by atoms with van der Waals surface area (Å²) < 4.78 is 10.5. The molecule has 0 atom stereocenters. The van der Waals surface area contributed by atoms with Gasteiger partial charge in [0.15, 0.2) is 5.82 Å². The van der Waals surface area contributed by atoms with Gasteiger partial charge in [-0.05, 0) is 41.5 Å². The summed E-state index contributed by atoms with van der Waals surface area (Å²) in [6, 6.07) is 1.15. The molecule has 0 aliphatic rings. The monoisotopic (exact) mass is 365 g/mol. The van der Waals surface area contributed by atoms with E-state index in [2.05, 4.69) is 11.6 Å². The molecule has 0 N–H and O–H groups in total. The fraction of sp³-hybridized carbons (Fsp3) is 0.471. The van der Waals surface area contributed by atoms with E-state index in [0.717, 1.165) is 12.3 Å². The minimum Gasteiger partial charge on any atom is -0.443 e.